The normalized spacial score (nSPS) is 19.6. The van der Waals surface area contributed by atoms with Crippen LogP contribution in [-0.4, -0.2) is 56.6 Å². The molecule has 0 radical (unpaired) electrons. The number of likely N-dealkylation sites (tertiary alicyclic amines) is 1. The summed E-state index contributed by atoms with van der Waals surface area (Å²) in [4.78, 5) is 12.6. The molecular formula is C11H23N3O3. The third-order valence-electron chi connectivity index (χ3n) is 3.18. The number of nitrogens with one attached hydrogen (secondary N) is 1. The summed E-state index contributed by atoms with van der Waals surface area (Å²) in [5.74, 6) is 0. The quantitative estimate of drug-likeness (QED) is 0.675. The number of nitrogens with zero attached hydrogens (tertiary/aromatic N) is 1. The number of primary amides is 1. The van der Waals surface area contributed by atoms with E-state index in [0.717, 1.165) is 12.8 Å². The first kappa shape index (κ1) is 14.2. The number of urea groups is 1. The Morgan fingerprint density at radius 1 is 1.35 bits per heavy atom. The summed E-state index contributed by atoms with van der Waals surface area (Å²) < 4.78 is 10.4. The second kappa shape index (κ2) is 6.78. The van der Waals surface area contributed by atoms with Crippen LogP contribution in [0.1, 0.15) is 19.8 Å². The molecule has 1 unspecified atom stereocenters. The Kier molecular flexibility index (Phi) is 5.67. The van der Waals surface area contributed by atoms with Gasteiger partial charge in [0.05, 0.1) is 6.04 Å². The lowest BCUT2D eigenvalue weighted by Gasteiger charge is -2.34. The summed E-state index contributed by atoms with van der Waals surface area (Å²) in [5, 5.41) is 3.45. The van der Waals surface area contributed by atoms with Crippen LogP contribution in [0.2, 0.25) is 0 Å². The van der Waals surface area contributed by atoms with Crippen LogP contribution >= 0.6 is 0 Å². The van der Waals surface area contributed by atoms with Crippen molar-refractivity contribution >= 4 is 6.03 Å². The molecule has 1 atom stereocenters. The summed E-state index contributed by atoms with van der Waals surface area (Å²) in [6.45, 7) is 3.45. The third-order valence-corrected chi connectivity index (χ3v) is 3.18. The van der Waals surface area contributed by atoms with Crippen LogP contribution in [-0.2, 0) is 9.47 Å². The zero-order valence-corrected chi connectivity index (χ0v) is 10.8. The van der Waals surface area contributed by atoms with E-state index >= 15 is 0 Å². The maximum absolute atomic E-state index is 11.0. The lowest BCUT2D eigenvalue weighted by Crippen LogP contribution is -2.51. The average Bonchev–Trinajstić information content (AvgIpc) is 2.31. The summed E-state index contributed by atoms with van der Waals surface area (Å²) in [5.41, 5.74) is 5.23. The summed E-state index contributed by atoms with van der Waals surface area (Å²) in [6, 6.07) is 0.173. The molecule has 0 spiro atoms. The molecule has 6 nitrogen and oxygen atoms in total. The van der Waals surface area contributed by atoms with Crippen molar-refractivity contribution in [3.8, 4) is 0 Å². The van der Waals surface area contributed by atoms with Crippen molar-refractivity contribution in [1.29, 1.82) is 0 Å². The molecule has 1 fully saturated rings. The van der Waals surface area contributed by atoms with Crippen LogP contribution in [0.4, 0.5) is 4.79 Å². The zero-order valence-electron chi connectivity index (χ0n) is 10.8. The molecule has 1 rings (SSSR count). The van der Waals surface area contributed by atoms with Crippen molar-refractivity contribution in [3.63, 3.8) is 0 Å². The van der Waals surface area contributed by atoms with Crippen molar-refractivity contribution in [1.82, 2.24) is 10.2 Å². The van der Waals surface area contributed by atoms with Gasteiger partial charge in [-0.05, 0) is 19.8 Å². The van der Waals surface area contributed by atoms with Gasteiger partial charge in [0.1, 0.15) is 0 Å². The number of carbonyl (C=O) groups is 1. The van der Waals surface area contributed by atoms with Crippen LogP contribution < -0.4 is 11.1 Å². The lowest BCUT2D eigenvalue weighted by molar-refractivity contribution is -0.121. The highest BCUT2D eigenvalue weighted by Gasteiger charge is 2.24. The fraction of sp³-hybridized carbons (Fsp3) is 0.909. The van der Waals surface area contributed by atoms with Crippen LogP contribution in [0.3, 0.4) is 0 Å². The molecule has 0 aromatic rings. The molecule has 1 saturated heterocycles. The molecule has 1 aliphatic rings. The van der Waals surface area contributed by atoms with Crippen molar-refractivity contribution in [2.24, 2.45) is 5.73 Å². The molecule has 0 aromatic heterocycles. The van der Waals surface area contributed by atoms with Crippen LogP contribution in [0.5, 0.6) is 0 Å². The van der Waals surface area contributed by atoms with Crippen LogP contribution in [0.15, 0.2) is 0 Å². The van der Waals surface area contributed by atoms with E-state index in [9.17, 15) is 4.79 Å². The maximum Gasteiger partial charge on any atom is 0.314 e. The van der Waals surface area contributed by atoms with E-state index in [2.05, 4.69) is 5.32 Å². The van der Waals surface area contributed by atoms with Gasteiger partial charge < -0.3 is 25.4 Å². The SMILES string of the molecule is COC(OC)C(C)NC1CCN(C(N)=O)CC1. The van der Waals surface area contributed by atoms with Gasteiger partial charge in [0, 0.05) is 33.4 Å². The highest BCUT2D eigenvalue weighted by Crippen LogP contribution is 2.12. The first-order valence-corrected chi connectivity index (χ1v) is 5.94. The van der Waals surface area contributed by atoms with Crippen molar-refractivity contribution in [3.05, 3.63) is 0 Å². The molecule has 17 heavy (non-hydrogen) atoms. The fourth-order valence-electron chi connectivity index (χ4n) is 2.22. The second-order valence-electron chi connectivity index (χ2n) is 4.39. The van der Waals surface area contributed by atoms with Gasteiger partial charge in [0.15, 0.2) is 6.29 Å². The molecule has 0 aliphatic carbocycles. The molecule has 100 valence electrons. The predicted molar refractivity (Wildman–Crippen MR) is 64.6 cm³/mol. The predicted octanol–water partition coefficient (Wildman–Crippen LogP) is 0.127. The fourth-order valence-corrected chi connectivity index (χ4v) is 2.22. The minimum atomic E-state index is -0.330. The van der Waals surface area contributed by atoms with Crippen LogP contribution in [0.25, 0.3) is 0 Å². The van der Waals surface area contributed by atoms with Gasteiger partial charge >= 0.3 is 6.03 Å². The Bertz CT molecular complexity index is 238. The molecule has 6 heteroatoms. The first-order valence-electron chi connectivity index (χ1n) is 5.94. The number of carbonyl (C=O) groups excluding carboxylic acids is 1. The maximum atomic E-state index is 11.0. The molecule has 0 saturated carbocycles. The minimum Gasteiger partial charge on any atom is -0.354 e. The minimum absolute atomic E-state index is 0.120. The van der Waals surface area contributed by atoms with Gasteiger partial charge in [-0.2, -0.15) is 0 Å². The summed E-state index contributed by atoms with van der Waals surface area (Å²) in [6.07, 6.45) is 1.57. The number of piperidine rings is 1. The number of methoxy groups -OCH3 is 2. The number of ether oxygens (including phenoxy) is 2. The first-order chi connectivity index (χ1) is 8.08. The lowest BCUT2D eigenvalue weighted by atomic mass is 10.0. The monoisotopic (exact) mass is 245 g/mol. The van der Waals surface area contributed by atoms with Gasteiger partial charge in [-0.15, -0.1) is 0 Å². The van der Waals surface area contributed by atoms with Crippen LogP contribution in [0, 0.1) is 0 Å². The number of amides is 2. The van der Waals surface area contributed by atoms with Crippen molar-refractivity contribution in [2.75, 3.05) is 27.3 Å². The number of hydrogen-bond acceptors (Lipinski definition) is 4. The van der Waals surface area contributed by atoms with E-state index in [4.69, 9.17) is 15.2 Å². The molecule has 0 aromatic carbocycles. The number of nitrogens with two attached hydrogens (primary N) is 1. The van der Waals surface area contributed by atoms with Gasteiger partial charge in [0.25, 0.3) is 0 Å². The van der Waals surface area contributed by atoms with E-state index < -0.39 is 0 Å². The molecule has 2 amide bonds. The Hall–Kier alpha value is -0.850. The van der Waals surface area contributed by atoms with Gasteiger partial charge in [0.2, 0.25) is 0 Å². The highest BCUT2D eigenvalue weighted by atomic mass is 16.7. The van der Waals surface area contributed by atoms with Gasteiger partial charge in [-0.25, -0.2) is 4.79 Å². The number of rotatable bonds is 5. The van der Waals surface area contributed by atoms with E-state index in [0.29, 0.717) is 19.1 Å². The summed E-state index contributed by atoms with van der Waals surface area (Å²) in [7, 11) is 3.25. The standard InChI is InChI=1S/C11H23N3O3/c1-8(10(16-2)17-3)13-9-4-6-14(7-5-9)11(12)15/h8-10,13H,4-7H2,1-3H3,(H2,12,15). The molecule has 1 heterocycles. The van der Waals surface area contributed by atoms with Crippen molar-refractivity contribution in [2.45, 2.75) is 38.1 Å². The molecule has 3 N–H and O–H groups in total. The average molecular weight is 245 g/mol. The van der Waals surface area contributed by atoms with Gasteiger partial charge in [-0.1, -0.05) is 0 Å². The van der Waals surface area contributed by atoms with E-state index in [1.807, 2.05) is 6.92 Å². The smallest absolute Gasteiger partial charge is 0.314 e. The van der Waals surface area contributed by atoms with Crippen molar-refractivity contribution < 1.29 is 14.3 Å². The van der Waals surface area contributed by atoms with E-state index in [-0.39, 0.29) is 18.4 Å². The Morgan fingerprint density at radius 2 is 1.88 bits per heavy atom. The van der Waals surface area contributed by atoms with E-state index in [1.54, 1.807) is 19.1 Å². The molecule has 1 aliphatic heterocycles. The second-order valence-corrected chi connectivity index (χ2v) is 4.39. The largest absolute Gasteiger partial charge is 0.354 e. The number of hydrogen-bond donors (Lipinski definition) is 2. The molecular weight excluding hydrogens is 222 g/mol. The van der Waals surface area contributed by atoms with E-state index in [1.165, 1.54) is 0 Å². The third kappa shape index (κ3) is 4.14. The Balaban J connectivity index is 2.32. The highest BCUT2D eigenvalue weighted by molar-refractivity contribution is 5.72. The Morgan fingerprint density at radius 3 is 2.29 bits per heavy atom. The molecule has 0 bridgehead atoms. The Labute approximate surface area is 102 Å². The topological polar surface area (TPSA) is 76.8 Å². The summed E-state index contributed by atoms with van der Waals surface area (Å²) >= 11 is 0. The van der Waals surface area contributed by atoms with Gasteiger partial charge in [-0.3, -0.25) is 0 Å². The zero-order chi connectivity index (χ0) is 12.8.